The normalized spacial score (nSPS) is 10.8. The number of nitrogens with zero attached hydrogens (tertiary/aromatic N) is 3. The minimum absolute atomic E-state index is 0.185. The van der Waals surface area contributed by atoms with E-state index in [4.69, 9.17) is 14.6 Å². The van der Waals surface area contributed by atoms with Crippen LogP contribution in [0.25, 0.3) is 16.9 Å². The SMILES string of the molecule is COc1ccc(-c2cc(C(=O)N(CCc3ccccc3)Cc3ccccc3)n(-c3ccc(F)cc3)n2)c(OC)c1. The highest BCUT2D eigenvalue weighted by atomic mass is 19.1. The van der Waals surface area contributed by atoms with Crippen LogP contribution >= 0.6 is 0 Å². The number of amides is 1. The second-order valence-corrected chi connectivity index (χ2v) is 9.32. The van der Waals surface area contributed by atoms with Gasteiger partial charge in [0, 0.05) is 24.7 Å². The van der Waals surface area contributed by atoms with Crippen molar-refractivity contribution in [1.82, 2.24) is 14.7 Å². The maximum absolute atomic E-state index is 14.3. The summed E-state index contributed by atoms with van der Waals surface area (Å²) in [5, 5.41) is 4.80. The van der Waals surface area contributed by atoms with Gasteiger partial charge in [-0.2, -0.15) is 5.10 Å². The van der Waals surface area contributed by atoms with E-state index in [0.717, 1.165) is 11.1 Å². The Hall–Kier alpha value is -4.91. The van der Waals surface area contributed by atoms with Crippen LogP contribution < -0.4 is 9.47 Å². The second kappa shape index (κ2) is 12.3. The number of carbonyl (C=O) groups excluding carboxylic acids is 1. The van der Waals surface area contributed by atoms with Crippen molar-refractivity contribution in [2.24, 2.45) is 0 Å². The van der Waals surface area contributed by atoms with E-state index in [0.29, 0.717) is 53.6 Å². The van der Waals surface area contributed by atoms with Crippen LogP contribution in [0, 0.1) is 5.82 Å². The van der Waals surface area contributed by atoms with Gasteiger partial charge in [0.1, 0.15) is 23.0 Å². The predicted octanol–water partition coefficient (Wildman–Crippen LogP) is 6.58. The Morgan fingerprint density at radius 3 is 2.15 bits per heavy atom. The number of ether oxygens (including phenoxy) is 2. The van der Waals surface area contributed by atoms with Crippen molar-refractivity contribution in [2.45, 2.75) is 13.0 Å². The standard InChI is InChI=1S/C33H30FN3O3/c1-39-28-17-18-29(32(21-28)40-2)30-22-31(37(35-30)27-15-13-26(34)14-16-27)33(38)36(23-25-11-7-4-8-12-25)20-19-24-9-5-3-6-10-24/h3-18,21-22H,19-20,23H2,1-2H3. The zero-order valence-electron chi connectivity index (χ0n) is 22.5. The Labute approximate surface area is 233 Å². The number of rotatable bonds is 10. The van der Waals surface area contributed by atoms with Gasteiger partial charge in [0.15, 0.2) is 0 Å². The molecule has 40 heavy (non-hydrogen) atoms. The number of hydrogen-bond donors (Lipinski definition) is 0. The first-order valence-electron chi connectivity index (χ1n) is 13.0. The Balaban J connectivity index is 1.57. The van der Waals surface area contributed by atoms with Gasteiger partial charge in [-0.3, -0.25) is 4.79 Å². The molecular weight excluding hydrogens is 505 g/mol. The Kier molecular flexibility index (Phi) is 8.21. The van der Waals surface area contributed by atoms with Crippen LogP contribution in [0.15, 0.2) is 109 Å². The van der Waals surface area contributed by atoms with Crippen molar-refractivity contribution in [3.63, 3.8) is 0 Å². The molecule has 1 aromatic heterocycles. The summed E-state index contributed by atoms with van der Waals surface area (Å²) in [6, 6.07) is 33.1. The molecule has 0 aliphatic rings. The van der Waals surface area contributed by atoms with E-state index in [1.807, 2.05) is 65.6 Å². The Morgan fingerprint density at radius 2 is 1.50 bits per heavy atom. The van der Waals surface area contributed by atoms with Gasteiger partial charge in [0.2, 0.25) is 0 Å². The third kappa shape index (κ3) is 6.04. The Morgan fingerprint density at radius 1 is 0.825 bits per heavy atom. The molecule has 1 amide bonds. The van der Waals surface area contributed by atoms with E-state index in [9.17, 15) is 9.18 Å². The number of benzene rings is 4. The van der Waals surface area contributed by atoms with E-state index >= 15 is 0 Å². The highest BCUT2D eigenvalue weighted by molar-refractivity contribution is 5.94. The average Bonchev–Trinajstić information content (AvgIpc) is 3.45. The van der Waals surface area contributed by atoms with E-state index in [2.05, 4.69) is 12.1 Å². The molecular formula is C33H30FN3O3. The van der Waals surface area contributed by atoms with Gasteiger partial charge in [0.05, 0.1) is 25.6 Å². The van der Waals surface area contributed by atoms with Crippen molar-refractivity contribution >= 4 is 5.91 Å². The van der Waals surface area contributed by atoms with Gasteiger partial charge in [-0.15, -0.1) is 0 Å². The Bertz CT molecular complexity index is 1570. The highest BCUT2D eigenvalue weighted by Gasteiger charge is 2.24. The molecule has 0 radical (unpaired) electrons. The number of methoxy groups -OCH3 is 2. The van der Waals surface area contributed by atoms with Gasteiger partial charge in [0.25, 0.3) is 5.91 Å². The smallest absolute Gasteiger partial charge is 0.272 e. The molecule has 6 nitrogen and oxygen atoms in total. The van der Waals surface area contributed by atoms with E-state index in [1.165, 1.54) is 12.1 Å². The summed E-state index contributed by atoms with van der Waals surface area (Å²) in [4.78, 5) is 16.1. The molecule has 0 saturated heterocycles. The zero-order chi connectivity index (χ0) is 27.9. The molecule has 5 aromatic rings. The lowest BCUT2D eigenvalue weighted by Crippen LogP contribution is -2.34. The first-order valence-corrected chi connectivity index (χ1v) is 13.0. The van der Waals surface area contributed by atoms with Gasteiger partial charge >= 0.3 is 0 Å². The van der Waals surface area contributed by atoms with E-state index in [-0.39, 0.29) is 11.7 Å². The van der Waals surface area contributed by atoms with Crippen molar-refractivity contribution in [3.05, 3.63) is 132 Å². The summed E-state index contributed by atoms with van der Waals surface area (Å²) in [6.07, 6.45) is 0.698. The number of aromatic nitrogens is 2. The van der Waals surface area contributed by atoms with Crippen LogP contribution in [0.3, 0.4) is 0 Å². The number of carbonyl (C=O) groups is 1. The molecule has 7 heteroatoms. The topological polar surface area (TPSA) is 56.6 Å². The summed E-state index contributed by atoms with van der Waals surface area (Å²) in [5.41, 5.74) is 4.36. The van der Waals surface area contributed by atoms with Gasteiger partial charge in [-0.1, -0.05) is 60.7 Å². The van der Waals surface area contributed by atoms with Gasteiger partial charge in [-0.05, 0) is 60.0 Å². The first-order chi connectivity index (χ1) is 19.6. The van der Waals surface area contributed by atoms with Crippen LogP contribution in [0.2, 0.25) is 0 Å². The largest absolute Gasteiger partial charge is 0.497 e. The molecule has 0 aliphatic heterocycles. The van der Waals surface area contributed by atoms with Crippen molar-refractivity contribution < 1.29 is 18.7 Å². The van der Waals surface area contributed by atoms with E-state index in [1.54, 1.807) is 43.2 Å². The monoisotopic (exact) mass is 535 g/mol. The van der Waals surface area contributed by atoms with Crippen LogP contribution in [-0.2, 0) is 13.0 Å². The van der Waals surface area contributed by atoms with Crippen LogP contribution in [-0.4, -0.2) is 41.4 Å². The van der Waals surface area contributed by atoms with Crippen LogP contribution in [0.5, 0.6) is 11.5 Å². The first kappa shape index (κ1) is 26.7. The van der Waals surface area contributed by atoms with Crippen molar-refractivity contribution in [1.29, 1.82) is 0 Å². The molecule has 1 heterocycles. The van der Waals surface area contributed by atoms with Crippen molar-refractivity contribution in [3.8, 4) is 28.4 Å². The molecule has 4 aromatic carbocycles. The van der Waals surface area contributed by atoms with Crippen LogP contribution in [0.4, 0.5) is 4.39 Å². The third-order valence-corrected chi connectivity index (χ3v) is 6.70. The fourth-order valence-corrected chi connectivity index (χ4v) is 4.58. The molecule has 0 N–H and O–H groups in total. The van der Waals surface area contributed by atoms with Crippen molar-refractivity contribution in [2.75, 3.05) is 20.8 Å². The highest BCUT2D eigenvalue weighted by Crippen LogP contribution is 2.34. The van der Waals surface area contributed by atoms with Crippen LogP contribution in [0.1, 0.15) is 21.6 Å². The molecule has 0 saturated carbocycles. The quantitative estimate of drug-likeness (QED) is 0.203. The molecule has 5 rings (SSSR count). The van der Waals surface area contributed by atoms with Gasteiger partial charge in [-0.25, -0.2) is 9.07 Å². The number of halogens is 1. The van der Waals surface area contributed by atoms with Gasteiger partial charge < -0.3 is 14.4 Å². The molecule has 0 fully saturated rings. The average molecular weight is 536 g/mol. The lowest BCUT2D eigenvalue weighted by atomic mass is 10.1. The maximum Gasteiger partial charge on any atom is 0.272 e. The fraction of sp³-hybridized carbons (Fsp3) is 0.152. The molecule has 0 spiro atoms. The third-order valence-electron chi connectivity index (χ3n) is 6.70. The molecule has 202 valence electrons. The molecule has 0 atom stereocenters. The molecule has 0 aliphatic carbocycles. The lowest BCUT2D eigenvalue weighted by molar-refractivity contribution is 0.0736. The predicted molar refractivity (Wildman–Crippen MR) is 153 cm³/mol. The molecule has 0 bridgehead atoms. The lowest BCUT2D eigenvalue weighted by Gasteiger charge is -2.23. The van der Waals surface area contributed by atoms with E-state index < -0.39 is 0 Å². The number of hydrogen-bond acceptors (Lipinski definition) is 4. The molecule has 0 unspecified atom stereocenters. The fourth-order valence-electron chi connectivity index (χ4n) is 4.58. The summed E-state index contributed by atoms with van der Waals surface area (Å²) >= 11 is 0. The zero-order valence-corrected chi connectivity index (χ0v) is 22.5. The summed E-state index contributed by atoms with van der Waals surface area (Å²) in [6.45, 7) is 0.940. The summed E-state index contributed by atoms with van der Waals surface area (Å²) in [5.74, 6) is 0.655. The summed E-state index contributed by atoms with van der Waals surface area (Å²) < 4.78 is 26.3. The minimum atomic E-state index is -0.366. The maximum atomic E-state index is 14.3. The minimum Gasteiger partial charge on any atom is -0.497 e. The second-order valence-electron chi connectivity index (χ2n) is 9.32. The summed E-state index contributed by atoms with van der Waals surface area (Å²) in [7, 11) is 3.16.